The Labute approximate surface area is 122 Å². The van der Waals surface area contributed by atoms with Crippen molar-refractivity contribution < 1.29 is 4.39 Å². The van der Waals surface area contributed by atoms with Crippen LogP contribution in [0.1, 0.15) is 29.7 Å². The zero-order valence-corrected chi connectivity index (χ0v) is 11.8. The van der Waals surface area contributed by atoms with Gasteiger partial charge in [0.15, 0.2) is 0 Å². The summed E-state index contributed by atoms with van der Waals surface area (Å²) in [6, 6.07) is 6.43. The van der Waals surface area contributed by atoms with Gasteiger partial charge in [-0.3, -0.25) is 9.78 Å². The van der Waals surface area contributed by atoms with Gasteiger partial charge < -0.3 is 5.32 Å². The first-order valence-electron chi connectivity index (χ1n) is 7.33. The van der Waals surface area contributed by atoms with Crippen LogP contribution < -0.4 is 10.9 Å². The van der Waals surface area contributed by atoms with E-state index in [1.165, 1.54) is 12.1 Å². The number of aromatic amines is 1. The van der Waals surface area contributed by atoms with Gasteiger partial charge in [-0.15, -0.1) is 0 Å². The van der Waals surface area contributed by atoms with Crippen molar-refractivity contribution in [2.45, 2.75) is 32.1 Å². The lowest BCUT2D eigenvalue weighted by Gasteiger charge is -2.15. The van der Waals surface area contributed by atoms with Gasteiger partial charge in [-0.05, 0) is 49.8 Å². The standard InChI is InChI=1S/C16H18FN3O/c17-12-7-5-11(6-8-12)9-10-18-16-19-14-4-2-1-3-13(14)15(21)20-16/h5-8H,1-4,9-10H2,(H2,18,19,20,21). The van der Waals surface area contributed by atoms with E-state index < -0.39 is 0 Å². The number of rotatable bonds is 4. The Morgan fingerprint density at radius 2 is 1.95 bits per heavy atom. The summed E-state index contributed by atoms with van der Waals surface area (Å²) in [6.45, 7) is 0.646. The number of halogens is 1. The minimum Gasteiger partial charge on any atom is -0.355 e. The largest absolute Gasteiger partial charge is 0.355 e. The highest BCUT2D eigenvalue weighted by atomic mass is 19.1. The number of hydrogen-bond acceptors (Lipinski definition) is 3. The maximum atomic E-state index is 12.8. The van der Waals surface area contributed by atoms with Gasteiger partial charge in [0.25, 0.3) is 5.56 Å². The van der Waals surface area contributed by atoms with Crippen LogP contribution >= 0.6 is 0 Å². The minimum absolute atomic E-state index is 0.0241. The molecule has 21 heavy (non-hydrogen) atoms. The summed E-state index contributed by atoms with van der Waals surface area (Å²) in [5.74, 6) is 0.301. The van der Waals surface area contributed by atoms with Crippen molar-refractivity contribution in [1.29, 1.82) is 0 Å². The quantitative estimate of drug-likeness (QED) is 0.908. The summed E-state index contributed by atoms with van der Waals surface area (Å²) < 4.78 is 12.8. The summed E-state index contributed by atoms with van der Waals surface area (Å²) in [4.78, 5) is 19.3. The van der Waals surface area contributed by atoms with E-state index in [2.05, 4.69) is 15.3 Å². The van der Waals surface area contributed by atoms with Crippen LogP contribution in [0, 0.1) is 5.82 Å². The van der Waals surface area contributed by atoms with Gasteiger partial charge in [0.2, 0.25) is 5.95 Å². The second-order valence-corrected chi connectivity index (χ2v) is 5.35. The Balaban J connectivity index is 1.64. The number of aromatic nitrogens is 2. The molecule has 1 aliphatic rings. The molecule has 0 unspecified atom stereocenters. The average Bonchev–Trinajstić information content (AvgIpc) is 2.49. The van der Waals surface area contributed by atoms with Crippen LogP contribution in [0.3, 0.4) is 0 Å². The van der Waals surface area contributed by atoms with Crippen LogP contribution in [0.2, 0.25) is 0 Å². The number of nitrogens with one attached hydrogen (secondary N) is 2. The van der Waals surface area contributed by atoms with E-state index in [0.717, 1.165) is 48.9 Å². The molecule has 110 valence electrons. The first-order valence-corrected chi connectivity index (χ1v) is 7.33. The van der Waals surface area contributed by atoms with Crippen LogP contribution in [0.25, 0.3) is 0 Å². The summed E-state index contributed by atoms with van der Waals surface area (Å²) in [5.41, 5.74) is 2.79. The van der Waals surface area contributed by atoms with Crippen molar-refractivity contribution in [2.75, 3.05) is 11.9 Å². The molecule has 2 aromatic rings. The molecule has 0 spiro atoms. The molecule has 1 heterocycles. The third-order valence-electron chi connectivity index (χ3n) is 3.81. The van der Waals surface area contributed by atoms with Crippen molar-refractivity contribution in [3.05, 3.63) is 57.3 Å². The van der Waals surface area contributed by atoms with Crippen LogP contribution in [-0.4, -0.2) is 16.5 Å². The third-order valence-corrected chi connectivity index (χ3v) is 3.81. The second kappa shape index (κ2) is 6.08. The van der Waals surface area contributed by atoms with Gasteiger partial charge >= 0.3 is 0 Å². The van der Waals surface area contributed by atoms with Crippen molar-refractivity contribution in [3.8, 4) is 0 Å². The minimum atomic E-state index is -0.229. The molecule has 3 rings (SSSR count). The monoisotopic (exact) mass is 287 g/mol. The Morgan fingerprint density at radius 1 is 1.19 bits per heavy atom. The first-order chi connectivity index (χ1) is 10.2. The zero-order chi connectivity index (χ0) is 14.7. The van der Waals surface area contributed by atoms with Crippen LogP contribution in [0.15, 0.2) is 29.1 Å². The number of fused-ring (bicyclic) bond motifs is 1. The maximum Gasteiger partial charge on any atom is 0.255 e. The molecule has 0 amide bonds. The lowest BCUT2D eigenvalue weighted by atomic mass is 9.97. The topological polar surface area (TPSA) is 57.8 Å². The van der Waals surface area contributed by atoms with E-state index in [4.69, 9.17) is 0 Å². The second-order valence-electron chi connectivity index (χ2n) is 5.35. The lowest BCUT2D eigenvalue weighted by molar-refractivity contribution is 0.627. The molecule has 1 aromatic carbocycles. The lowest BCUT2D eigenvalue weighted by Crippen LogP contribution is -2.23. The molecule has 1 aliphatic carbocycles. The molecule has 0 saturated heterocycles. The van der Waals surface area contributed by atoms with E-state index >= 15 is 0 Å². The smallest absolute Gasteiger partial charge is 0.255 e. The van der Waals surface area contributed by atoms with Crippen molar-refractivity contribution >= 4 is 5.95 Å². The van der Waals surface area contributed by atoms with Crippen LogP contribution in [0.5, 0.6) is 0 Å². The Morgan fingerprint density at radius 3 is 2.76 bits per heavy atom. The van der Waals surface area contributed by atoms with Crippen molar-refractivity contribution in [2.24, 2.45) is 0 Å². The number of benzene rings is 1. The maximum absolute atomic E-state index is 12.8. The average molecular weight is 287 g/mol. The molecule has 1 aromatic heterocycles. The number of nitrogens with zero attached hydrogens (tertiary/aromatic N) is 1. The van der Waals surface area contributed by atoms with Crippen LogP contribution in [0.4, 0.5) is 10.3 Å². The molecule has 0 fully saturated rings. The van der Waals surface area contributed by atoms with Crippen molar-refractivity contribution in [3.63, 3.8) is 0 Å². The fourth-order valence-corrected chi connectivity index (χ4v) is 2.66. The fraction of sp³-hybridized carbons (Fsp3) is 0.375. The van der Waals surface area contributed by atoms with Gasteiger partial charge in [-0.25, -0.2) is 9.37 Å². The zero-order valence-electron chi connectivity index (χ0n) is 11.8. The predicted octanol–water partition coefficient (Wildman–Crippen LogP) is 2.44. The van der Waals surface area contributed by atoms with E-state index in [-0.39, 0.29) is 11.4 Å². The Hall–Kier alpha value is -2.17. The van der Waals surface area contributed by atoms with Gasteiger partial charge in [0, 0.05) is 12.1 Å². The molecular formula is C16H18FN3O. The molecule has 0 atom stereocenters. The molecule has 0 saturated carbocycles. The van der Waals surface area contributed by atoms with Crippen LogP contribution in [-0.2, 0) is 19.3 Å². The molecule has 5 heteroatoms. The third kappa shape index (κ3) is 3.29. The first kappa shape index (κ1) is 13.8. The summed E-state index contributed by atoms with van der Waals surface area (Å²) in [7, 11) is 0. The van der Waals surface area contributed by atoms with E-state index in [1.807, 2.05) is 0 Å². The van der Waals surface area contributed by atoms with Gasteiger partial charge in [-0.2, -0.15) is 0 Å². The van der Waals surface area contributed by atoms with E-state index in [0.29, 0.717) is 12.5 Å². The van der Waals surface area contributed by atoms with E-state index in [1.54, 1.807) is 12.1 Å². The highest BCUT2D eigenvalue weighted by molar-refractivity contribution is 5.31. The number of hydrogen-bond donors (Lipinski definition) is 2. The normalized spacial score (nSPS) is 13.8. The molecule has 0 radical (unpaired) electrons. The number of anilines is 1. The molecule has 0 aliphatic heterocycles. The molecule has 4 nitrogen and oxygen atoms in total. The number of H-pyrrole nitrogens is 1. The highest BCUT2D eigenvalue weighted by Gasteiger charge is 2.15. The summed E-state index contributed by atoms with van der Waals surface area (Å²) >= 11 is 0. The molecule has 2 N–H and O–H groups in total. The predicted molar refractivity (Wildman–Crippen MR) is 80.1 cm³/mol. The Bertz CT molecular complexity index is 679. The SMILES string of the molecule is O=c1[nH]c(NCCc2ccc(F)cc2)nc2c1CCCC2. The molecule has 0 bridgehead atoms. The van der Waals surface area contributed by atoms with Crippen molar-refractivity contribution in [1.82, 2.24) is 9.97 Å². The number of aryl methyl sites for hydroxylation is 1. The van der Waals surface area contributed by atoms with Gasteiger partial charge in [0.1, 0.15) is 5.82 Å². The van der Waals surface area contributed by atoms with E-state index in [9.17, 15) is 9.18 Å². The fourth-order valence-electron chi connectivity index (χ4n) is 2.66. The summed E-state index contributed by atoms with van der Waals surface area (Å²) in [5, 5.41) is 3.14. The highest BCUT2D eigenvalue weighted by Crippen LogP contribution is 2.16. The van der Waals surface area contributed by atoms with Gasteiger partial charge in [0.05, 0.1) is 5.69 Å². The van der Waals surface area contributed by atoms with Gasteiger partial charge in [-0.1, -0.05) is 12.1 Å². The Kier molecular flexibility index (Phi) is 3.99. The summed E-state index contributed by atoms with van der Waals surface area (Å²) in [6.07, 6.45) is 4.62. The molecular weight excluding hydrogens is 269 g/mol.